The zero-order chi connectivity index (χ0) is 23.7. The summed E-state index contributed by atoms with van der Waals surface area (Å²) in [5.41, 5.74) is 6.82. The number of aliphatic carboxylic acids is 1. The second-order valence-electron chi connectivity index (χ2n) is 8.25. The summed E-state index contributed by atoms with van der Waals surface area (Å²) < 4.78 is 19.9. The van der Waals surface area contributed by atoms with E-state index < -0.39 is 11.8 Å². The van der Waals surface area contributed by atoms with E-state index >= 15 is 0 Å². The maximum Gasteiger partial charge on any atom is 0.317 e. The normalized spacial score (nSPS) is 19.9. The lowest BCUT2D eigenvalue weighted by Crippen LogP contribution is -2.48. The Hall–Kier alpha value is -3.92. The molecule has 10 heteroatoms. The summed E-state index contributed by atoms with van der Waals surface area (Å²) in [7, 11) is 1.50. The van der Waals surface area contributed by atoms with Crippen LogP contribution < -0.4 is 20.4 Å². The maximum absolute atomic E-state index is 14.6. The van der Waals surface area contributed by atoms with Gasteiger partial charge >= 0.3 is 5.97 Å². The largest absolute Gasteiger partial charge is 0.496 e. The molecule has 2 aromatic rings. The van der Waals surface area contributed by atoms with Crippen LogP contribution in [0.2, 0.25) is 0 Å². The minimum atomic E-state index is -0.797. The molecule has 2 aromatic carbocycles. The Labute approximate surface area is 196 Å². The van der Waals surface area contributed by atoms with E-state index in [0.29, 0.717) is 24.7 Å². The number of fused-ring (bicyclic) bond motifs is 1. The first-order valence-electron chi connectivity index (χ1n) is 11.0. The van der Waals surface area contributed by atoms with Gasteiger partial charge in [0.2, 0.25) is 0 Å². The second-order valence-corrected chi connectivity index (χ2v) is 8.25. The molecule has 5 rings (SSSR count). The number of nitrogens with zero attached hydrogens (tertiary/aromatic N) is 4. The number of ether oxygens (including phenoxy) is 1. The molecule has 3 N–H and O–H groups in total. The first-order valence-corrected chi connectivity index (χ1v) is 11.0. The van der Waals surface area contributed by atoms with E-state index in [1.807, 2.05) is 29.2 Å². The zero-order valence-corrected chi connectivity index (χ0v) is 18.7. The predicted octanol–water partition coefficient (Wildman–Crippen LogP) is 1.61. The molecule has 3 aliphatic rings. The van der Waals surface area contributed by atoms with Crippen molar-refractivity contribution >= 4 is 23.2 Å². The minimum Gasteiger partial charge on any atom is -0.496 e. The van der Waals surface area contributed by atoms with Crippen molar-refractivity contribution < 1.29 is 19.0 Å². The first kappa shape index (κ1) is 21.9. The number of piperazine rings is 1. The number of aliphatic imine (C=N–C) groups is 1. The molecule has 0 aliphatic carbocycles. The number of hydrazone groups is 1. The van der Waals surface area contributed by atoms with Gasteiger partial charge in [-0.1, -0.05) is 18.2 Å². The lowest BCUT2D eigenvalue weighted by atomic mass is 10.0. The standard InChI is InChI=1S/C24H25FN6O3/c1-34-19-4-2-3-17(25)21(19)24-26-13-18-23(27-24)22(29-28-18)15-5-7-16(8-6-15)31-11-9-30(10-12-31)14-20(32)33/h2-8,13,23,28H,9-12,14H2,1H3,(H,26,27)(H,32,33). The summed E-state index contributed by atoms with van der Waals surface area (Å²) in [6, 6.07) is 12.4. The molecule has 3 aliphatic heterocycles. The van der Waals surface area contributed by atoms with Crippen LogP contribution in [0.3, 0.4) is 0 Å². The molecular weight excluding hydrogens is 439 g/mol. The zero-order valence-electron chi connectivity index (χ0n) is 18.7. The van der Waals surface area contributed by atoms with Gasteiger partial charge < -0.3 is 20.1 Å². The molecule has 1 saturated heterocycles. The molecule has 34 heavy (non-hydrogen) atoms. The molecule has 0 radical (unpaired) electrons. The van der Waals surface area contributed by atoms with E-state index in [0.717, 1.165) is 35.7 Å². The van der Waals surface area contributed by atoms with E-state index in [-0.39, 0.29) is 18.2 Å². The van der Waals surface area contributed by atoms with Gasteiger partial charge in [-0.3, -0.25) is 20.1 Å². The topological polar surface area (TPSA) is 102 Å². The highest BCUT2D eigenvalue weighted by Crippen LogP contribution is 2.27. The number of benzene rings is 2. The number of hydrogen-bond acceptors (Lipinski definition) is 8. The average molecular weight is 465 g/mol. The number of anilines is 1. The van der Waals surface area contributed by atoms with Crippen LogP contribution in [0.4, 0.5) is 10.1 Å². The number of nitrogens with one attached hydrogen (secondary N) is 2. The smallest absolute Gasteiger partial charge is 0.317 e. The first-order chi connectivity index (χ1) is 16.5. The highest BCUT2D eigenvalue weighted by atomic mass is 19.1. The highest BCUT2D eigenvalue weighted by Gasteiger charge is 2.32. The second kappa shape index (κ2) is 9.14. The molecule has 3 heterocycles. The lowest BCUT2D eigenvalue weighted by molar-refractivity contribution is -0.138. The Morgan fingerprint density at radius 3 is 2.65 bits per heavy atom. The number of methoxy groups -OCH3 is 1. The molecule has 0 bridgehead atoms. The van der Waals surface area contributed by atoms with Crippen LogP contribution >= 0.6 is 0 Å². The molecule has 0 saturated carbocycles. The van der Waals surface area contributed by atoms with Crippen molar-refractivity contribution in [2.45, 2.75) is 6.04 Å². The van der Waals surface area contributed by atoms with E-state index in [2.05, 4.69) is 20.7 Å². The number of carboxylic acid groups (broad SMARTS) is 1. The Morgan fingerprint density at radius 2 is 1.94 bits per heavy atom. The van der Waals surface area contributed by atoms with Crippen LogP contribution in [0.15, 0.2) is 64.5 Å². The molecule has 1 unspecified atom stereocenters. The van der Waals surface area contributed by atoms with Gasteiger partial charge in [-0.2, -0.15) is 5.10 Å². The van der Waals surface area contributed by atoms with Gasteiger partial charge in [0.25, 0.3) is 0 Å². The molecule has 1 fully saturated rings. The van der Waals surface area contributed by atoms with Gasteiger partial charge in [-0.15, -0.1) is 0 Å². The van der Waals surface area contributed by atoms with Crippen molar-refractivity contribution in [2.75, 3.05) is 44.7 Å². The molecule has 0 aromatic heterocycles. The summed E-state index contributed by atoms with van der Waals surface area (Å²) in [5.74, 6) is -0.426. The van der Waals surface area contributed by atoms with Crippen LogP contribution in [-0.2, 0) is 4.79 Å². The van der Waals surface area contributed by atoms with Crippen molar-refractivity contribution in [3.05, 3.63) is 71.3 Å². The summed E-state index contributed by atoms with van der Waals surface area (Å²) in [6.07, 6.45) is 1.75. The lowest BCUT2D eigenvalue weighted by Gasteiger charge is -2.35. The van der Waals surface area contributed by atoms with Crippen molar-refractivity contribution in [1.82, 2.24) is 15.6 Å². The fraction of sp³-hybridized carbons (Fsp3) is 0.292. The molecule has 9 nitrogen and oxygen atoms in total. The van der Waals surface area contributed by atoms with Gasteiger partial charge in [0, 0.05) is 43.6 Å². The molecule has 176 valence electrons. The Kier molecular flexibility index (Phi) is 5.89. The van der Waals surface area contributed by atoms with Crippen LogP contribution in [0.1, 0.15) is 11.1 Å². The number of halogens is 1. The van der Waals surface area contributed by atoms with Crippen LogP contribution in [0.25, 0.3) is 0 Å². The van der Waals surface area contributed by atoms with Gasteiger partial charge in [-0.05, 0) is 24.3 Å². The quantitative estimate of drug-likeness (QED) is 0.597. The number of carboxylic acids is 1. The van der Waals surface area contributed by atoms with E-state index in [1.165, 1.54) is 13.2 Å². The number of carbonyl (C=O) groups is 1. The van der Waals surface area contributed by atoms with E-state index in [1.54, 1.807) is 18.3 Å². The Bertz CT molecular complexity index is 1190. The van der Waals surface area contributed by atoms with Crippen molar-refractivity contribution in [1.29, 1.82) is 0 Å². The van der Waals surface area contributed by atoms with Gasteiger partial charge in [0.1, 0.15) is 23.4 Å². The van der Waals surface area contributed by atoms with Crippen LogP contribution in [0.5, 0.6) is 5.75 Å². The van der Waals surface area contributed by atoms with E-state index in [9.17, 15) is 9.18 Å². The minimum absolute atomic E-state index is 0.0763. The third-order valence-electron chi connectivity index (χ3n) is 6.17. The van der Waals surface area contributed by atoms with Crippen molar-refractivity contribution in [3.8, 4) is 5.75 Å². The number of amidine groups is 1. The Morgan fingerprint density at radius 1 is 1.18 bits per heavy atom. The summed E-state index contributed by atoms with van der Waals surface area (Å²) in [5, 5.41) is 16.5. The highest BCUT2D eigenvalue weighted by molar-refractivity contribution is 6.11. The number of rotatable bonds is 6. The third kappa shape index (κ3) is 4.19. The molecular formula is C24H25FN6O3. The number of hydrogen-bond donors (Lipinski definition) is 3. The van der Waals surface area contributed by atoms with Gasteiger partial charge in [-0.25, -0.2) is 4.39 Å². The fourth-order valence-corrected chi connectivity index (χ4v) is 4.41. The summed E-state index contributed by atoms with van der Waals surface area (Å²) in [6.45, 7) is 3.05. The molecule has 0 spiro atoms. The van der Waals surface area contributed by atoms with Crippen molar-refractivity contribution in [3.63, 3.8) is 0 Å². The summed E-state index contributed by atoms with van der Waals surface area (Å²) in [4.78, 5) is 19.8. The average Bonchev–Trinajstić information content (AvgIpc) is 3.27. The van der Waals surface area contributed by atoms with Crippen LogP contribution in [0, 0.1) is 5.82 Å². The SMILES string of the molecule is COc1cccc(F)c1C1=NC2C(=CN1)NN=C2c1ccc(N2CCN(CC(=O)O)CC2)cc1. The fourth-order valence-electron chi connectivity index (χ4n) is 4.41. The predicted molar refractivity (Wildman–Crippen MR) is 127 cm³/mol. The molecule has 1 atom stereocenters. The molecule has 0 amide bonds. The van der Waals surface area contributed by atoms with E-state index in [4.69, 9.17) is 14.8 Å². The monoisotopic (exact) mass is 464 g/mol. The Balaban J connectivity index is 1.33. The maximum atomic E-state index is 14.6. The van der Waals surface area contributed by atoms with Gasteiger partial charge in [0.15, 0.2) is 0 Å². The van der Waals surface area contributed by atoms with Gasteiger partial charge in [0.05, 0.1) is 30.6 Å². The van der Waals surface area contributed by atoms with Crippen LogP contribution in [-0.4, -0.2) is 73.4 Å². The summed E-state index contributed by atoms with van der Waals surface area (Å²) >= 11 is 0. The third-order valence-corrected chi connectivity index (χ3v) is 6.17. The van der Waals surface area contributed by atoms with Crippen molar-refractivity contribution in [2.24, 2.45) is 10.1 Å².